The zero-order valence-corrected chi connectivity index (χ0v) is 8.70. The van der Waals surface area contributed by atoms with Crippen LogP contribution < -0.4 is 5.73 Å². The van der Waals surface area contributed by atoms with E-state index in [1.165, 1.54) is 0 Å². The van der Waals surface area contributed by atoms with Crippen LogP contribution in [-0.2, 0) is 6.54 Å². The highest BCUT2D eigenvalue weighted by atomic mass is 15.1. The third-order valence-electron chi connectivity index (χ3n) is 2.23. The maximum atomic E-state index is 6.03. The molecule has 1 rings (SSSR count). The van der Waals surface area contributed by atoms with Crippen molar-refractivity contribution in [2.24, 2.45) is 11.7 Å². The molecule has 0 bridgehead atoms. The zero-order valence-electron chi connectivity index (χ0n) is 8.70. The van der Waals surface area contributed by atoms with E-state index in [1.807, 2.05) is 12.4 Å². The lowest BCUT2D eigenvalue weighted by molar-refractivity contribution is 0.464. The monoisotopic (exact) mass is 181 g/mol. The Hall–Kier alpha value is -0.830. The first kappa shape index (κ1) is 10.3. The Balaban J connectivity index is 2.80. The second-order valence-electron chi connectivity index (χ2n) is 3.75. The molecule has 74 valence electrons. The van der Waals surface area contributed by atoms with Crippen LogP contribution in [0.4, 0.5) is 0 Å². The minimum Gasteiger partial charge on any atom is -0.334 e. The van der Waals surface area contributed by atoms with E-state index in [9.17, 15) is 0 Å². The summed E-state index contributed by atoms with van der Waals surface area (Å²) >= 11 is 0. The topological polar surface area (TPSA) is 43.8 Å². The normalized spacial score (nSPS) is 13.6. The number of imidazole rings is 1. The number of aryl methyl sites for hydroxylation is 1. The minimum absolute atomic E-state index is 0.0570. The first-order chi connectivity index (χ1) is 6.16. The molecular weight excluding hydrogens is 162 g/mol. The third kappa shape index (κ3) is 2.31. The van der Waals surface area contributed by atoms with Gasteiger partial charge < -0.3 is 10.3 Å². The lowest BCUT2D eigenvalue weighted by Crippen LogP contribution is -2.21. The Labute approximate surface area is 80.0 Å². The molecule has 0 aliphatic heterocycles. The average Bonchev–Trinajstić information content (AvgIpc) is 2.52. The van der Waals surface area contributed by atoms with Crippen LogP contribution in [0.1, 0.15) is 39.1 Å². The van der Waals surface area contributed by atoms with Gasteiger partial charge in [-0.05, 0) is 12.3 Å². The molecule has 3 heteroatoms. The van der Waals surface area contributed by atoms with Gasteiger partial charge in [0.1, 0.15) is 5.82 Å². The molecule has 0 aliphatic carbocycles. The molecule has 0 radical (unpaired) electrons. The van der Waals surface area contributed by atoms with Gasteiger partial charge in [-0.3, -0.25) is 0 Å². The molecule has 0 saturated carbocycles. The summed E-state index contributed by atoms with van der Waals surface area (Å²) in [6, 6.07) is 0.0570. The van der Waals surface area contributed by atoms with Crippen LogP contribution >= 0.6 is 0 Å². The minimum atomic E-state index is 0.0570. The number of nitrogens with zero attached hydrogens (tertiary/aromatic N) is 2. The molecule has 0 spiro atoms. The van der Waals surface area contributed by atoms with Crippen molar-refractivity contribution in [2.45, 2.75) is 39.8 Å². The summed E-state index contributed by atoms with van der Waals surface area (Å²) in [6.45, 7) is 7.41. The standard InChI is InChI=1S/C10H19N3/c1-4-6-13-7-5-12-10(13)9(11)8(2)3/h5,7-9H,4,6,11H2,1-3H3. The zero-order chi connectivity index (χ0) is 9.84. The van der Waals surface area contributed by atoms with Crippen molar-refractivity contribution in [3.05, 3.63) is 18.2 Å². The van der Waals surface area contributed by atoms with Crippen molar-refractivity contribution in [1.82, 2.24) is 9.55 Å². The number of aromatic nitrogens is 2. The van der Waals surface area contributed by atoms with E-state index >= 15 is 0 Å². The van der Waals surface area contributed by atoms with E-state index in [1.54, 1.807) is 0 Å². The van der Waals surface area contributed by atoms with Crippen LogP contribution in [0.5, 0.6) is 0 Å². The van der Waals surface area contributed by atoms with Crippen LogP contribution in [0, 0.1) is 5.92 Å². The van der Waals surface area contributed by atoms with E-state index in [0.717, 1.165) is 18.8 Å². The van der Waals surface area contributed by atoms with E-state index < -0.39 is 0 Å². The van der Waals surface area contributed by atoms with Crippen LogP contribution in [0.3, 0.4) is 0 Å². The SMILES string of the molecule is CCCn1ccnc1C(N)C(C)C. The van der Waals surface area contributed by atoms with Crippen molar-refractivity contribution >= 4 is 0 Å². The lowest BCUT2D eigenvalue weighted by atomic mass is 10.1. The fraction of sp³-hybridized carbons (Fsp3) is 0.700. The number of hydrogen-bond donors (Lipinski definition) is 1. The van der Waals surface area contributed by atoms with Crippen molar-refractivity contribution in [3.8, 4) is 0 Å². The fourth-order valence-electron chi connectivity index (χ4n) is 1.35. The molecule has 1 atom stereocenters. The second-order valence-corrected chi connectivity index (χ2v) is 3.75. The molecule has 1 aromatic rings. The van der Waals surface area contributed by atoms with E-state index in [-0.39, 0.29) is 6.04 Å². The van der Waals surface area contributed by atoms with Gasteiger partial charge in [0.25, 0.3) is 0 Å². The molecule has 0 saturated heterocycles. The number of rotatable bonds is 4. The molecule has 0 aliphatic rings. The molecular formula is C10H19N3. The predicted octanol–water partition coefficient (Wildman–Crippen LogP) is 1.95. The smallest absolute Gasteiger partial charge is 0.125 e. The van der Waals surface area contributed by atoms with E-state index in [0.29, 0.717) is 5.92 Å². The van der Waals surface area contributed by atoms with Gasteiger partial charge in [-0.25, -0.2) is 4.98 Å². The third-order valence-corrected chi connectivity index (χ3v) is 2.23. The van der Waals surface area contributed by atoms with Crippen LogP contribution in [0.2, 0.25) is 0 Å². The maximum absolute atomic E-state index is 6.03. The first-order valence-electron chi connectivity index (χ1n) is 4.93. The summed E-state index contributed by atoms with van der Waals surface area (Å²) in [6.07, 6.45) is 4.95. The molecule has 1 aromatic heterocycles. The van der Waals surface area contributed by atoms with Crippen molar-refractivity contribution in [3.63, 3.8) is 0 Å². The molecule has 3 nitrogen and oxygen atoms in total. The molecule has 13 heavy (non-hydrogen) atoms. The van der Waals surface area contributed by atoms with Gasteiger partial charge in [0.15, 0.2) is 0 Å². The Morgan fingerprint density at radius 2 is 2.23 bits per heavy atom. The van der Waals surface area contributed by atoms with Crippen LogP contribution in [-0.4, -0.2) is 9.55 Å². The summed E-state index contributed by atoms with van der Waals surface area (Å²) in [7, 11) is 0. The summed E-state index contributed by atoms with van der Waals surface area (Å²) in [5, 5.41) is 0. The van der Waals surface area contributed by atoms with E-state index in [4.69, 9.17) is 5.73 Å². The Morgan fingerprint density at radius 1 is 1.54 bits per heavy atom. The molecule has 2 N–H and O–H groups in total. The Morgan fingerprint density at radius 3 is 2.77 bits per heavy atom. The highest BCUT2D eigenvalue weighted by molar-refractivity contribution is 4.99. The largest absolute Gasteiger partial charge is 0.334 e. The molecule has 1 heterocycles. The highest BCUT2D eigenvalue weighted by Gasteiger charge is 2.15. The Bertz CT molecular complexity index is 252. The van der Waals surface area contributed by atoms with Crippen LogP contribution in [0.15, 0.2) is 12.4 Å². The van der Waals surface area contributed by atoms with Gasteiger partial charge in [-0.2, -0.15) is 0 Å². The summed E-state index contributed by atoms with van der Waals surface area (Å²) < 4.78 is 2.14. The van der Waals surface area contributed by atoms with Gasteiger partial charge in [-0.1, -0.05) is 20.8 Å². The molecule has 1 unspecified atom stereocenters. The highest BCUT2D eigenvalue weighted by Crippen LogP contribution is 2.16. The van der Waals surface area contributed by atoms with Gasteiger partial charge in [0.05, 0.1) is 6.04 Å². The fourth-order valence-corrected chi connectivity index (χ4v) is 1.35. The van der Waals surface area contributed by atoms with Crippen LogP contribution in [0.25, 0.3) is 0 Å². The summed E-state index contributed by atoms with van der Waals surface area (Å²) in [4.78, 5) is 4.29. The van der Waals surface area contributed by atoms with E-state index in [2.05, 4.69) is 30.3 Å². The molecule has 0 amide bonds. The summed E-state index contributed by atoms with van der Waals surface area (Å²) in [5.74, 6) is 1.45. The molecule has 0 aromatic carbocycles. The quantitative estimate of drug-likeness (QED) is 0.771. The maximum Gasteiger partial charge on any atom is 0.125 e. The molecule has 0 fully saturated rings. The average molecular weight is 181 g/mol. The van der Waals surface area contributed by atoms with Gasteiger partial charge in [-0.15, -0.1) is 0 Å². The Kier molecular flexibility index (Phi) is 3.48. The summed E-state index contributed by atoms with van der Waals surface area (Å²) in [5.41, 5.74) is 6.03. The lowest BCUT2D eigenvalue weighted by Gasteiger charge is -2.16. The second kappa shape index (κ2) is 4.42. The van der Waals surface area contributed by atoms with Gasteiger partial charge in [0, 0.05) is 18.9 Å². The predicted molar refractivity (Wildman–Crippen MR) is 54.3 cm³/mol. The van der Waals surface area contributed by atoms with Gasteiger partial charge in [0.2, 0.25) is 0 Å². The van der Waals surface area contributed by atoms with Crippen molar-refractivity contribution in [1.29, 1.82) is 0 Å². The number of hydrogen-bond acceptors (Lipinski definition) is 2. The van der Waals surface area contributed by atoms with Crippen molar-refractivity contribution < 1.29 is 0 Å². The van der Waals surface area contributed by atoms with Gasteiger partial charge >= 0.3 is 0 Å². The first-order valence-corrected chi connectivity index (χ1v) is 4.93. The van der Waals surface area contributed by atoms with Crippen molar-refractivity contribution in [2.75, 3.05) is 0 Å². The number of nitrogens with two attached hydrogens (primary N) is 1.